The number of nitrogens with zero attached hydrogens (tertiary/aromatic N) is 4. The Hall–Kier alpha value is -3.55. The molecule has 0 amide bonds. The molecule has 0 spiro atoms. The van der Waals surface area contributed by atoms with Gasteiger partial charge in [-0.05, 0) is 23.8 Å². The highest BCUT2D eigenvalue weighted by Gasteiger charge is 2.07. The molecule has 1 N–H and O–H groups in total. The van der Waals surface area contributed by atoms with Gasteiger partial charge in [0.2, 0.25) is 0 Å². The second-order valence-corrected chi connectivity index (χ2v) is 5.70. The zero-order valence-electron chi connectivity index (χ0n) is 13.8. The van der Waals surface area contributed by atoms with Gasteiger partial charge >= 0.3 is 0 Å². The van der Waals surface area contributed by atoms with E-state index in [1.807, 2.05) is 6.07 Å². The van der Waals surface area contributed by atoms with Crippen molar-refractivity contribution in [1.29, 1.82) is 0 Å². The van der Waals surface area contributed by atoms with Gasteiger partial charge in [-0.2, -0.15) is 5.10 Å². The van der Waals surface area contributed by atoms with Crippen molar-refractivity contribution in [1.82, 2.24) is 24.7 Å². The molecule has 4 aromatic rings. The fourth-order valence-electron chi connectivity index (χ4n) is 2.65. The Kier molecular flexibility index (Phi) is 3.92. The SMILES string of the molecule is COc1ccc2c(=O)[nH]c(Cc3ccc(-n4cc(F)cn4)nc3)nc2c1. The number of halogens is 1. The zero-order chi connectivity index (χ0) is 18.1. The topological polar surface area (TPSA) is 85.7 Å². The molecule has 4 rings (SSSR count). The van der Waals surface area contributed by atoms with Gasteiger partial charge in [-0.25, -0.2) is 19.0 Å². The maximum atomic E-state index is 13.0. The molecule has 0 atom stereocenters. The number of pyridine rings is 1. The molecule has 0 saturated heterocycles. The monoisotopic (exact) mass is 351 g/mol. The maximum absolute atomic E-state index is 13.0. The molecule has 0 aliphatic rings. The third-order valence-corrected chi connectivity index (χ3v) is 3.93. The Balaban J connectivity index is 1.63. The van der Waals surface area contributed by atoms with Crippen LogP contribution in [-0.2, 0) is 6.42 Å². The molecule has 0 aliphatic heterocycles. The van der Waals surface area contributed by atoms with Crippen LogP contribution in [0.2, 0.25) is 0 Å². The van der Waals surface area contributed by atoms with Gasteiger partial charge in [-0.1, -0.05) is 6.07 Å². The predicted molar refractivity (Wildman–Crippen MR) is 93.0 cm³/mol. The second kappa shape index (κ2) is 6.40. The van der Waals surface area contributed by atoms with Crippen molar-refractivity contribution < 1.29 is 9.13 Å². The van der Waals surface area contributed by atoms with Gasteiger partial charge in [0.1, 0.15) is 11.6 Å². The summed E-state index contributed by atoms with van der Waals surface area (Å²) in [6, 6.07) is 8.69. The molecular weight excluding hydrogens is 337 g/mol. The number of methoxy groups -OCH3 is 1. The molecule has 26 heavy (non-hydrogen) atoms. The third-order valence-electron chi connectivity index (χ3n) is 3.93. The molecule has 0 aliphatic carbocycles. The minimum Gasteiger partial charge on any atom is -0.497 e. The van der Waals surface area contributed by atoms with Crippen LogP contribution in [0.25, 0.3) is 16.7 Å². The van der Waals surface area contributed by atoms with Gasteiger partial charge < -0.3 is 9.72 Å². The quantitative estimate of drug-likeness (QED) is 0.609. The number of aromatic nitrogens is 5. The van der Waals surface area contributed by atoms with E-state index in [-0.39, 0.29) is 5.56 Å². The number of aromatic amines is 1. The maximum Gasteiger partial charge on any atom is 0.258 e. The summed E-state index contributed by atoms with van der Waals surface area (Å²) >= 11 is 0. The zero-order valence-corrected chi connectivity index (χ0v) is 13.8. The van der Waals surface area contributed by atoms with E-state index in [0.29, 0.717) is 34.7 Å². The van der Waals surface area contributed by atoms with E-state index in [2.05, 4.69) is 20.1 Å². The Morgan fingerprint density at radius 1 is 1.23 bits per heavy atom. The summed E-state index contributed by atoms with van der Waals surface area (Å²) < 4.78 is 19.6. The summed E-state index contributed by atoms with van der Waals surface area (Å²) in [7, 11) is 1.56. The highest BCUT2D eigenvalue weighted by Crippen LogP contribution is 2.17. The highest BCUT2D eigenvalue weighted by atomic mass is 19.1. The van der Waals surface area contributed by atoms with E-state index in [1.165, 1.54) is 10.9 Å². The molecule has 7 nitrogen and oxygen atoms in total. The Morgan fingerprint density at radius 3 is 2.81 bits per heavy atom. The van der Waals surface area contributed by atoms with Gasteiger partial charge in [-0.15, -0.1) is 0 Å². The molecule has 1 aromatic carbocycles. The summed E-state index contributed by atoms with van der Waals surface area (Å²) in [5.74, 6) is 1.24. The van der Waals surface area contributed by atoms with E-state index < -0.39 is 5.82 Å². The first-order valence-corrected chi connectivity index (χ1v) is 7.85. The lowest BCUT2D eigenvalue weighted by atomic mass is 10.2. The van der Waals surface area contributed by atoms with Crippen LogP contribution < -0.4 is 10.3 Å². The molecule has 8 heteroatoms. The first kappa shape index (κ1) is 15.9. The minimum absolute atomic E-state index is 0.204. The van der Waals surface area contributed by atoms with Crippen molar-refractivity contribution in [3.63, 3.8) is 0 Å². The second-order valence-electron chi connectivity index (χ2n) is 5.70. The smallest absolute Gasteiger partial charge is 0.258 e. The summed E-state index contributed by atoms with van der Waals surface area (Å²) in [4.78, 5) is 23.8. The molecule has 0 unspecified atom stereocenters. The van der Waals surface area contributed by atoms with Crippen molar-refractivity contribution in [3.8, 4) is 11.6 Å². The number of nitrogens with one attached hydrogen (secondary N) is 1. The van der Waals surface area contributed by atoms with Crippen LogP contribution >= 0.6 is 0 Å². The van der Waals surface area contributed by atoms with Crippen molar-refractivity contribution in [2.24, 2.45) is 0 Å². The van der Waals surface area contributed by atoms with E-state index in [1.54, 1.807) is 37.6 Å². The first-order valence-electron chi connectivity index (χ1n) is 7.85. The summed E-state index contributed by atoms with van der Waals surface area (Å²) in [6.07, 6.45) is 4.42. The lowest BCUT2D eigenvalue weighted by Crippen LogP contribution is -2.12. The van der Waals surface area contributed by atoms with Gasteiger partial charge in [0.15, 0.2) is 11.6 Å². The molecule has 0 bridgehead atoms. The standard InChI is InChI=1S/C18H14FN5O2/c1-26-13-3-4-14-15(7-13)22-16(23-18(14)25)6-11-2-5-17(20-8-11)24-10-12(19)9-21-24/h2-5,7-10H,6H2,1H3,(H,22,23,25). The Bertz CT molecular complexity index is 1130. The molecule has 3 aromatic heterocycles. The summed E-state index contributed by atoms with van der Waals surface area (Å²) in [5, 5.41) is 4.37. The number of H-pyrrole nitrogens is 1. The van der Waals surface area contributed by atoms with E-state index in [9.17, 15) is 9.18 Å². The fraction of sp³-hybridized carbons (Fsp3) is 0.111. The van der Waals surface area contributed by atoms with Crippen molar-refractivity contribution in [3.05, 3.63) is 76.5 Å². The van der Waals surface area contributed by atoms with Crippen LogP contribution in [0.1, 0.15) is 11.4 Å². The minimum atomic E-state index is -0.427. The van der Waals surface area contributed by atoms with E-state index >= 15 is 0 Å². The van der Waals surface area contributed by atoms with Gasteiger partial charge in [0.25, 0.3) is 5.56 Å². The first-order chi connectivity index (χ1) is 12.6. The molecule has 0 radical (unpaired) electrons. The van der Waals surface area contributed by atoms with Crippen LogP contribution in [0.4, 0.5) is 4.39 Å². The van der Waals surface area contributed by atoms with Gasteiger partial charge in [0, 0.05) is 18.7 Å². The number of ether oxygens (including phenoxy) is 1. The molecular formula is C18H14FN5O2. The van der Waals surface area contributed by atoms with Crippen molar-refractivity contribution >= 4 is 10.9 Å². The van der Waals surface area contributed by atoms with Crippen LogP contribution in [0.15, 0.2) is 53.7 Å². The third kappa shape index (κ3) is 3.04. The van der Waals surface area contributed by atoms with E-state index in [4.69, 9.17) is 4.74 Å². The number of hydrogen-bond donors (Lipinski definition) is 1. The number of hydrogen-bond acceptors (Lipinski definition) is 5. The van der Waals surface area contributed by atoms with Crippen LogP contribution in [0.3, 0.4) is 0 Å². The lowest BCUT2D eigenvalue weighted by Gasteiger charge is -2.06. The van der Waals surface area contributed by atoms with E-state index in [0.717, 1.165) is 11.8 Å². The molecule has 130 valence electrons. The average molecular weight is 351 g/mol. The summed E-state index contributed by atoms with van der Waals surface area (Å²) in [6.45, 7) is 0. The molecule has 0 fully saturated rings. The number of fused-ring (bicyclic) bond motifs is 1. The molecule has 3 heterocycles. The van der Waals surface area contributed by atoms with Gasteiger partial charge in [-0.3, -0.25) is 4.79 Å². The Morgan fingerprint density at radius 2 is 2.12 bits per heavy atom. The fourth-order valence-corrected chi connectivity index (χ4v) is 2.65. The van der Waals surface area contributed by atoms with Crippen LogP contribution in [0, 0.1) is 5.82 Å². The normalized spacial score (nSPS) is 11.0. The highest BCUT2D eigenvalue weighted by molar-refractivity contribution is 5.79. The average Bonchev–Trinajstić information content (AvgIpc) is 3.08. The summed E-state index contributed by atoms with van der Waals surface area (Å²) in [5.41, 5.74) is 1.22. The Labute approximate surface area is 147 Å². The van der Waals surface area contributed by atoms with Crippen LogP contribution in [0.5, 0.6) is 5.75 Å². The van der Waals surface area contributed by atoms with Gasteiger partial charge in [0.05, 0.1) is 30.4 Å². The largest absolute Gasteiger partial charge is 0.497 e. The van der Waals surface area contributed by atoms with Crippen molar-refractivity contribution in [2.45, 2.75) is 6.42 Å². The lowest BCUT2D eigenvalue weighted by molar-refractivity contribution is 0.415. The molecule has 0 saturated carbocycles. The van der Waals surface area contributed by atoms with Crippen molar-refractivity contribution in [2.75, 3.05) is 7.11 Å². The number of benzene rings is 1. The van der Waals surface area contributed by atoms with Crippen LogP contribution in [-0.4, -0.2) is 31.8 Å². The number of rotatable bonds is 4. The predicted octanol–water partition coefficient (Wildman–Crippen LogP) is 2.24.